The zero-order valence-electron chi connectivity index (χ0n) is 12.9. The monoisotopic (exact) mass is 305 g/mol. The molecule has 0 bridgehead atoms. The van der Waals surface area contributed by atoms with Crippen molar-refractivity contribution >= 4 is 16.9 Å². The highest BCUT2D eigenvalue weighted by Gasteiger charge is 2.41. The second kappa shape index (κ2) is 5.72. The van der Waals surface area contributed by atoms with Gasteiger partial charge in [0.05, 0.1) is 30.8 Å². The van der Waals surface area contributed by atoms with Crippen LogP contribution in [0.3, 0.4) is 0 Å². The van der Waals surface area contributed by atoms with E-state index in [1.165, 1.54) is 6.07 Å². The van der Waals surface area contributed by atoms with Crippen LogP contribution in [0.15, 0.2) is 18.2 Å². The molecule has 2 heterocycles. The number of carbonyl (C=O) groups is 1. The van der Waals surface area contributed by atoms with Gasteiger partial charge in [0, 0.05) is 5.39 Å². The maximum Gasteiger partial charge on any atom is 0.309 e. The van der Waals surface area contributed by atoms with E-state index in [0.717, 1.165) is 16.6 Å². The highest BCUT2D eigenvalue weighted by atomic mass is 19.1. The van der Waals surface area contributed by atoms with Gasteiger partial charge in [0.2, 0.25) is 0 Å². The Morgan fingerprint density at radius 1 is 1.45 bits per heavy atom. The third-order valence-corrected chi connectivity index (χ3v) is 4.38. The van der Waals surface area contributed by atoms with Crippen molar-refractivity contribution in [2.45, 2.75) is 38.7 Å². The molecule has 1 atom stereocenters. The zero-order chi connectivity index (χ0) is 15.7. The molecule has 0 radical (unpaired) electrons. The molecule has 0 fully saturated rings. The summed E-state index contributed by atoms with van der Waals surface area (Å²) in [6, 6.07) is 5.05. The van der Waals surface area contributed by atoms with Crippen molar-refractivity contribution in [2.24, 2.45) is 0 Å². The van der Waals surface area contributed by atoms with E-state index >= 15 is 0 Å². The van der Waals surface area contributed by atoms with Crippen LogP contribution in [-0.2, 0) is 26.3 Å². The Labute approximate surface area is 128 Å². The molecule has 22 heavy (non-hydrogen) atoms. The summed E-state index contributed by atoms with van der Waals surface area (Å²) in [5, 5.41) is 0.875. The quantitative estimate of drug-likeness (QED) is 0.880. The Bertz CT molecular complexity index is 709. The van der Waals surface area contributed by atoms with E-state index < -0.39 is 5.60 Å². The predicted octanol–water partition coefficient (Wildman–Crippen LogP) is 3.44. The number of hydrogen-bond donors (Lipinski definition) is 1. The molecule has 0 amide bonds. The fourth-order valence-electron chi connectivity index (χ4n) is 3.30. The molecule has 0 saturated carbocycles. The molecular weight excluding hydrogens is 285 g/mol. The summed E-state index contributed by atoms with van der Waals surface area (Å²) in [4.78, 5) is 15.1. The minimum Gasteiger partial charge on any atom is -0.466 e. The van der Waals surface area contributed by atoms with Crippen molar-refractivity contribution in [1.29, 1.82) is 0 Å². The van der Waals surface area contributed by atoms with Crippen LogP contribution in [0.25, 0.3) is 10.9 Å². The van der Waals surface area contributed by atoms with Gasteiger partial charge in [-0.25, -0.2) is 4.39 Å². The molecule has 1 aromatic heterocycles. The van der Waals surface area contributed by atoms with E-state index in [1.807, 2.05) is 13.0 Å². The van der Waals surface area contributed by atoms with Gasteiger partial charge in [-0.2, -0.15) is 0 Å². The molecule has 2 aromatic rings. The number of aromatic amines is 1. The van der Waals surface area contributed by atoms with E-state index in [0.29, 0.717) is 31.6 Å². The second-order valence-corrected chi connectivity index (χ2v) is 5.57. The van der Waals surface area contributed by atoms with Crippen LogP contribution in [0.4, 0.5) is 4.39 Å². The van der Waals surface area contributed by atoms with Gasteiger partial charge in [-0.1, -0.05) is 19.1 Å². The SMILES string of the molecule is CCOC(=O)CC1(CC)OCCc2c1[nH]c1c(F)cccc21. The van der Waals surface area contributed by atoms with E-state index in [-0.39, 0.29) is 18.2 Å². The molecule has 1 aliphatic heterocycles. The second-order valence-electron chi connectivity index (χ2n) is 5.57. The van der Waals surface area contributed by atoms with E-state index in [2.05, 4.69) is 4.98 Å². The highest BCUT2D eigenvalue weighted by Crippen LogP contribution is 2.42. The lowest BCUT2D eigenvalue weighted by Crippen LogP contribution is -2.37. The fraction of sp³-hybridized carbons (Fsp3) is 0.471. The molecule has 118 valence electrons. The first-order valence-corrected chi connectivity index (χ1v) is 7.70. The number of fused-ring (bicyclic) bond motifs is 3. The summed E-state index contributed by atoms with van der Waals surface area (Å²) in [6.45, 7) is 4.61. The van der Waals surface area contributed by atoms with Gasteiger partial charge in [-0.3, -0.25) is 4.79 Å². The predicted molar refractivity (Wildman–Crippen MR) is 81.1 cm³/mol. The number of para-hydroxylation sites is 1. The number of esters is 1. The van der Waals surface area contributed by atoms with Crippen molar-refractivity contribution in [1.82, 2.24) is 4.98 Å². The molecule has 1 aromatic carbocycles. The van der Waals surface area contributed by atoms with Gasteiger partial charge in [-0.05, 0) is 31.4 Å². The first-order chi connectivity index (χ1) is 10.6. The van der Waals surface area contributed by atoms with Crippen LogP contribution in [-0.4, -0.2) is 24.2 Å². The van der Waals surface area contributed by atoms with Crippen molar-refractivity contribution in [2.75, 3.05) is 13.2 Å². The van der Waals surface area contributed by atoms with Gasteiger partial charge >= 0.3 is 5.97 Å². The normalized spacial score (nSPS) is 20.9. The number of rotatable bonds is 4. The van der Waals surface area contributed by atoms with Crippen LogP contribution in [0.5, 0.6) is 0 Å². The van der Waals surface area contributed by atoms with Crippen LogP contribution in [0.1, 0.15) is 37.9 Å². The molecule has 0 saturated heterocycles. The van der Waals surface area contributed by atoms with Gasteiger partial charge in [0.15, 0.2) is 0 Å². The molecule has 0 aliphatic carbocycles. The third kappa shape index (κ3) is 2.29. The van der Waals surface area contributed by atoms with Crippen molar-refractivity contribution < 1.29 is 18.7 Å². The smallest absolute Gasteiger partial charge is 0.309 e. The third-order valence-electron chi connectivity index (χ3n) is 4.38. The number of nitrogens with one attached hydrogen (secondary N) is 1. The number of halogens is 1. The summed E-state index contributed by atoms with van der Waals surface area (Å²) in [6.07, 6.45) is 1.47. The molecule has 0 spiro atoms. The van der Waals surface area contributed by atoms with Crippen molar-refractivity contribution in [3.63, 3.8) is 0 Å². The lowest BCUT2D eigenvalue weighted by atomic mass is 9.86. The van der Waals surface area contributed by atoms with Crippen LogP contribution < -0.4 is 0 Å². The van der Waals surface area contributed by atoms with E-state index in [9.17, 15) is 9.18 Å². The highest BCUT2D eigenvalue weighted by molar-refractivity contribution is 5.86. The first kappa shape index (κ1) is 15.0. The van der Waals surface area contributed by atoms with Gasteiger partial charge in [0.25, 0.3) is 0 Å². The molecule has 5 heteroatoms. The minimum absolute atomic E-state index is 0.138. The summed E-state index contributed by atoms with van der Waals surface area (Å²) >= 11 is 0. The number of ether oxygens (including phenoxy) is 2. The number of carbonyl (C=O) groups excluding carboxylic acids is 1. The van der Waals surface area contributed by atoms with Crippen LogP contribution in [0.2, 0.25) is 0 Å². The maximum atomic E-state index is 14.0. The Morgan fingerprint density at radius 2 is 2.27 bits per heavy atom. The van der Waals surface area contributed by atoms with E-state index in [4.69, 9.17) is 9.47 Å². The number of aromatic nitrogens is 1. The van der Waals surface area contributed by atoms with Gasteiger partial charge in [-0.15, -0.1) is 0 Å². The average molecular weight is 305 g/mol. The van der Waals surface area contributed by atoms with Crippen LogP contribution >= 0.6 is 0 Å². The molecule has 1 unspecified atom stereocenters. The number of H-pyrrole nitrogens is 1. The van der Waals surface area contributed by atoms with Crippen molar-refractivity contribution in [3.8, 4) is 0 Å². The van der Waals surface area contributed by atoms with Gasteiger partial charge < -0.3 is 14.5 Å². The molecule has 4 nitrogen and oxygen atoms in total. The summed E-state index contributed by atoms with van der Waals surface area (Å²) in [7, 11) is 0. The molecule has 1 aliphatic rings. The average Bonchev–Trinajstić information content (AvgIpc) is 2.89. The first-order valence-electron chi connectivity index (χ1n) is 7.70. The fourth-order valence-corrected chi connectivity index (χ4v) is 3.30. The minimum atomic E-state index is -0.759. The number of hydrogen-bond acceptors (Lipinski definition) is 3. The summed E-state index contributed by atoms with van der Waals surface area (Å²) < 4.78 is 25.1. The zero-order valence-corrected chi connectivity index (χ0v) is 12.9. The Kier molecular flexibility index (Phi) is 3.91. The molecule has 1 N–H and O–H groups in total. The Morgan fingerprint density at radius 3 is 3.00 bits per heavy atom. The largest absolute Gasteiger partial charge is 0.466 e. The standard InChI is InChI=1S/C17H20FNO3/c1-3-17(10-14(20)21-4-2)16-12(8-9-22-17)11-6-5-7-13(18)15(11)19-16/h5-7,19H,3-4,8-10H2,1-2H3. The number of benzene rings is 1. The van der Waals surface area contributed by atoms with Crippen LogP contribution in [0, 0.1) is 5.82 Å². The topological polar surface area (TPSA) is 51.3 Å². The lowest BCUT2D eigenvalue weighted by Gasteiger charge is -2.36. The van der Waals surface area contributed by atoms with Crippen molar-refractivity contribution in [3.05, 3.63) is 35.3 Å². The summed E-state index contributed by atoms with van der Waals surface area (Å²) in [5.74, 6) is -0.579. The molecular formula is C17H20FNO3. The summed E-state index contributed by atoms with van der Waals surface area (Å²) in [5.41, 5.74) is 1.59. The lowest BCUT2D eigenvalue weighted by molar-refractivity contribution is -0.154. The maximum absolute atomic E-state index is 14.0. The Balaban J connectivity index is 2.11. The Hall–Kier alpha value is -1.88. The van der Waals surface area contributed by atoms with E-state index in [1.54, 1.807) is 13.0 Å². The molecule has 3 rings (SSSR count). The van der Waals surface area contributed by atoms with Gasteiger partial charge in [0.1, 0.15) is 11.4 Å².